The van der Waals surface area contributed by atoms with Crippen molar-refractivity contribution in [3.05, 3.63) is 24.5 Å². The molecule has 8 heteroatoms. The number of aryl methyl sites for hydroxylation is 1. The number of aromatic nitrogens is 3. The molecule has 8 nitrogen and oxygen atoms in total. The van der Waals surface area contributed by atoms with Crippen molar-refractivity contribution in [1.29, 1.82) is 0 Å². The van der Waals surface area contributed by atoms with Gasteiger partial charge in [-0.1, -0.05) is 6.92 Å². The minimum absolute atomic E-state index is 0.0267. The molecule has 2 fully saturated rings. The van der Waals surface area contributed by atoms with Crippen LogP contribution >= 0.6 is 0 Å². The Morgan fingerprint density at radius 1 is 1.25 bits per heavy atom. The largest absolute Gasteiger partial charge is 0.490 e. The Morgan fingerprint density at radius 2 is 2.04 bits per heavy atom. The van der Waals surface area contributed by atoms with E-state index in [4.69, 9.17) is 9.47 Å². The van der Waals surface area contributed by atoms with Crippen molar-refractivity contribution in [1.82, 2.24) is 19.7 Å². The first-order chi connectivity index (χ1) is 13.5. The van der Waals surface area contributed by atoms with Gasteiger partial charge in [0.25, 0.3) is 0 Å². The molecule has 0 aliphatic carbocycles. The Labute approximate surface area is 164 Å². The Morgan fingerprint density at radius 3 is 2.71 bits per heavy atom. The normalized spacial score (nSPS) is 23.2. The lowest BCUT2D eigenvalue weighted by Crippen LogP contribution is -2.63. The highest BCUT2D eigenvalue weighted by Gasteiger charge is 2.46. The van der Waals surface area contributed by atoms with Crippen LogP contribution in [0.15, 0.2) is 24.5 Å². The first kappa shape index (κ1) is 18.7. The molecular formula is C20H27N5O3. The Bertz CT molecular complexity index is 840. The molecule has 1 aromatic heterocycles. The van der Waals surface area contributed by atoms with Crippen molar-refractivity contribution in [3.63, 3.8) is 0 Å². The van der Waals surface area contributed by atoms with Gasteiger partial charge in [0.05, 0.1) is 12.2 Å². The van der Waals surface area contributed by atoms with Crippen molar-refractivity contribution in [2.45, 2.75) is 38.3 Å². The number of hydrogen-bond donors (Lipinski definition) is 1. The number of methoxy groups -OCH3 is 1. The third-order valence-corrected chi connectivity index (χ3v) is 5.53. The highest BCUT2D eigenvalue weighted by Crippen LogP contribution is 2.41. The maximum Gasteiger partial charge on any atom is 0.322 e. The number of carbonyl (C=O) groups is 1. The van der Waals surface area contributed by atoms with E-state index in [-0.39, 0.29) is 6.03 Å². The van der Waals surface area contributed by atoms with Gasteiger partial charge in [-0.3, -0.25) is 4.68 Å². The van der Waals surface area contributed by atoms with Crippen LogP contribution in [0.5, 0.6) is 5.75 Å². The van der Waals surface area contributed by atoms with E-state index in [0.717, 1.165) is 24.8 Å². The second kappa shape index (κ2) is 7.79. The SMILES string of the molecule is COCCOc1ccc(NC(=O)N2[C@@H]3CC(C)C[C@H]2C3)cc1-c1ncn(C)n1. The predicted molar refractivity (Wildman–Crippen MR) is 105 cm³/mol. The first-order valence-electron chi connectivity index (χ1n) is 9.76. The van der Waals surface area contributed by atoms with Gasteiger partial charge < -0.3 is 19.7 Å². The van der Waals surface area contributed by atoms with Gasteiger partial charge in [0, 0.05) is 31.9 Å². The average molecular weight is 385 g/mol. The minimum atomic E-state index is -0.0267. The highest BCUT2D eigenvalue weighted by atomic mass is 16.5. The van der Waals surface area contributed by atoms with E-state index in [2.05, 4.69) is 22.3 Å². The first-order valence-corrected chi connectivity index (χ1v) is 9.76. The molecule has 2 amide bonds. The predicted octanol–water partition coefficient (Wildman–Crippen LogP) is 2.91. The number of benzene rings is 1. The van der Waals surface area contributed by atoms with Crippen LogP contribution in [0.1, 0.15) is 26.2 Å². The molecule has 2 aromatic rings. The van der Waals surface area contributed by atoms with Crippen LogP contribution in [0.3, 0.4) is 0 Å². The maximum atomic E-state index is 12.8. The lowest BCUT2D eigenvalue weighted by Gasteiger charge is -2.54. The minimum Gasteiger partial charge on any atom is -0.490 e. The number of amides is 2. The number of piperidine rings is 1. The van der Waals surface area contributed by atoms with E-state index in [1.807, 2.05) is 30.1 Å². The van der Waals surface area contributed by atoms with Gasteiger partial charge in [-0.25, -0.2) is 9.78 Å². The maximum absolute atomic E-state index is 12.8. The van der Waals surface area contributed by atoms with E-state index in [0.29, 0.717) is 48.5 Å². The third kappa shape index (κ3) is 3.69. The van der Waals surface area contributed by atoms with Crippen LogP contribution in [0, 0.1) is 5.92 Å². The van der Waals surface area contributed by atoms with E-state index in [9.17, 15) is 4.79 Å². The van der Waals surface area contributed by atoms with Gasteiger partial charge in [0.1, 0.15) is 18.7 Å². The fraction of sp³-hybridized carbons (Fsp3) is 0.550. The zero-order chi connectivity index (χ0) is 19.7. The van der Waals surface area contributed by atoms with E-state index >= 15 is 0 Å². The van der Waals surface area contributed by atoms with Crippen molar-refractivity contribution in [2.75, 3.05) is 25.6 Å². The molecule has 3 heterocycles. The summed E-state index contributed by atoms with van der Waals surface area (Å²) in [5, 5.41) is 7.42. The van der Waals surface area contributed by atoms with Crippen LogP contribution < -0.4 is 10.1 Å². The quantitative estimate of drug-likeness (QED) is 0.773. The monoisotopic (exact) mass is 385 g/mol. The number of anilines is 1. The summed E-state index contributed by atoms with van der Waals surface area (Å²) in [7, 11) is 3.45. The summed E-state index contributed by atoms with van der Waals surface area (Å²) >= 11 is 0. The average Bonchev–Trinajstić information content (AvgIpc) is 3.08. The summed E-state index contributed by atoms with van der Waals surface area (Å²) in [5.41, 5.74) is 1.46. The van der Waals surface area contributed by atoms with Gasteiger partial charge >= 0.3 is 6.03 Å². The number of ether oxygens (including phenoxy) is 2. The summed E-state index contributed by atoms with van der Waals surface area (Å²) in [6.07, 6.45) is 4.97. The van der Waals surface area contributed by atoms with Crippen molar-refractivity contribution in [3.8, 4) is 17.1 Å². The Hall–Kier alpha value is -2.61. The fourth-order valence-corrected chi connectivity index (χ4v) is 4.27. The molecule has 2 saturated heterocycles. The summed E-state index contributed by atoms with van der Waals surface area (Å²) in [6, 6.07) is 6.29. The molecule has 2 aliphatic rings. The molecule has 0 radical (unpaired) electrons. The Balaban J connectivity index is 1.52. The van der Waals surface area contributed by atoms with Gasteiger partial charge in [-0.15, -0.1) is 0 Å². The van der Waals surface area contributed by atoms with Crippen LogP contribution in [0.25, 0.3) is 11.4 Å². The van der Waals surface area contributed by atoms with Crippen LogP contribution in [0.2, 0.25) is 0 Å². The lowest BCUT2D eigenvalue weighted by atomic mass is 9.74. The van der Waals surface area contributed by atoms with Gasteiger partial charge in [-0.2, -0.15) is 5.10 Å². The number of carbonyl (C=O) groups excluding carboxylic acids is 1. The van der Waals surface area contributed by atoms with Crippen LogP contribution in [0.4, 0.5) is 10.5 Å². The number of urea groups is 1. The highest BCUT2D eigenvalue weighted by molar-refractivity contribution is 5.91. The third-order valence-electron chi connectivity index (χ3n) is 5.53. The van der Waals surface area contributed by atoms with Crippen LogP contribution in [-0.2, 0) is 11.8 Å². The number of nitrogens with one attached hydrogen (secondary N) is 1. The molecular weight excluding hydrogens is 358 g/mol. The lowest BCUT2D eigenvalue weighted by molar-refractivity contribution is -0.00601. The van der Waals surface area contributed by atoms with Crippen LogP contribution in [-0.4, -0.2) is 58.1 Å². The summed E-state index contributed by atoms with van der Waals surface area (Å²) in [4.78, 5) is 19.1. The van der Waals surface area contributed by atoms with Gasteiger partial charge in [0.2, 0.25) is 0 Å². The van der Waals surface area contributed by atoms with Gasteiger partial charge in [0.15, 0.2) is 5.82 Å². The summed E-state index contributed by atoms with van der Waals surface area (Å²) in [5.74, 6) is 1.93. The van der Waals surface area contributed by atoms with E-state index in [1.165, 1.54) is 0 Å². The second-order valence-corrected chi connectivity index (χ2v) is 7.75. The molecule has 0 saturated carbocycles. The molecule has 1 aromatic carbocycles. The topological polar surface area (TPSA) is 81.5 Å². The molecule has 3 atom stereocenters. The van der Waals surface area contributed by atoms with E-state index in [1.54, 1.807) is 18.1 Å². The zero-order valence-electron chi connectivity index (χ0n) is 16.6. The molecule has 28 heavy (non-hydrogen) atoms. The summed E-state index contributed by atoms with van der Waals surface area (Å²) < 4.78 is 12.5. The molecule has 1 unspecified atom stereocenters. The molecule has 2 bridgehead atoms. The molecule has 150 valence electrons. The van der Waals surface area contributed by atoms with E-state index < -0.39 is 0 Å². The molecule has 4 rings (SSSR count). The Kier molecular flexibility index (Phi) is 5.21. The smallest absolute Gasteiger partial charge is 0.322 e. The molecule has 2 aliphatic heterocycles. The summed E-state index contributed by atoms with van der Waals surface area (Å²) in [6.45, 7) is 3.18. The van der Waals surface area contributed by atoms with Gasteiger partial charge in [-0.05, 0) is 43.4 Å². The van der Waals surface area contributed by atoms with Crippen molar-refractivity contribution >= 4 is 11.7 Å². The second-order valence-electron chi connectivity index (χ2n) is 7.75. The fourth-order valence-electron chi connectivity index (χ4n) is 4.27. The number of hydrogen-bond acceptors (Lipinski definition) is 5. The van der Waals surface area contributed by atoms with Crippen molar-refractivity contribution in [2.24, 2.45) is 13.0 Å². The standard InChI is InChI=1S/C20H27N5O3/c1-13-8-15-11-16(9-13)25(15)20(26)22-14-4-5-18(28-7-6-27-3)17(10-14)19-21-12-24(2)23-19/h4-5,10,12-13,15-16H,6-9,11H2,1-3H3,(H,22,26)/t13?,15-,16+. The van der Waals surface area contributed by atoms with Crippen molar-refractivity contribution < 1.29 is 14.3 Å². The molecule has 1 N–H and O–H groups in total. The number of nitrogens with zero attached hydrogens (tertiary/aromatic N) is 4. The number of rotatable bonds is 6. The zero-order valence-corrected chi connectivity index (χ0v) is 16.6. The molecule has 0 spiro atoms. The number of fused-ring (bicyclic) bond motifs is 2.